The third-order valence-corrected chi connectivity index (χ3v) is 5.58. The Morgan fingerprint density at radius 1 is 1.19 bits per heavy atom. The van der Waals surface area contributed by atoms with Gasteiger partial charge in [0.05, 0.1) is 11.8 Å². The molecule has 1 fully saturated rings. The summed E-state index contributed by atoms with van der Waals surface area (Å²) in [5.74, 6) is -1.76. The van der Waals surface area contributed by atoms with Gasteiger partial charge in [-0.2, -0.15) is 0 Å². The highest BCUT2D eigenvalue weighted by molar-refractivity contribution is 5.96. The summed E-state index contributed by atoms with van der Waals surface area (Å²) in [6.45, 7) is 6.31. The summed E-state index contributed by atoms with van der Waals surface area (Å²) in [4.78, 5) is 40.3. The number of amides is 3. The van der Waals surface area contributed by atoms with E-state index >= 15 is 0 Å². The molecule has 7 heteroatoms. The number of aliphatic hydroxyl groups is 1. The van der Waals surface area contributed by atoms with E-state index in [1.165, 1.54) is 0 Å². The molecule has 0 radical (unpaired) electrons. The molecule has 2 rings (SSSR count). The number of likely N-dealkylation sites (tertiary alicyclic amines) is 1. The third kappa shape index (κ3) is 4.51. The van der Waals surface area contributed by atoms with Crippen LogP contribution in [0.3, 0.4) is 0 Å². The lowest BCUT2D eigenvalue weighted by atomic mass is 9.70. The third-order valence-electron chi connectivity index (χ3n) is 5.58. The molecule has 0 aromatic rings. The smallest absolute Gasteiger partial charge is 0.243 e. The molecule has 3 amide bonds. The van der Waals surface area contributed by atoms with Crippen LogP contribution in [0.2, 0.25) is 0 Å². The second kappa shape index (κ2) is 9.35. The average Bonchev–Trinajstić information content (AvgIpc) is 2.90. The molecule has 5 atom stereocenters. The first-order chi connectivity index (χ1) is 12.8. The van der Waals surface area contributed by atoms with Crippen molar-refractivity contribution in [1.29, 1.82) is 0 Å². The predicted molar refractivity (Wildman–Crippen MR) is 103 cm³/mol. The molecule has 0 aromatic carbocycles. The quantitative estimate of drug-likeness (QED) is 0.427. The van der Waals surface area contributed by atoms with Crippen molar-refractivity contribution in [2.75, 3.05) is 20.2 Å². The van der Waals surface area contributed by atoms with Crippen LogP contribution in [-0.2, 0) is 14.4 Å². The van der Waals surface area contributed by atoms with E-state index in [4.69, 9.17) is 5.11 Å². The molecular weight excluding hydrogens is 346 g/mol. The van der Waals surface area contributed by atoms with E-state index in [1.807, 2.05) is 32.9 Å². The maximum absolute atomic E-state index is 13.3. The molecule has 0 aromatic heterocycles. The Bertz CT molecular complexity index is 590. The fourth-order valence-electron chi connectivity index (χ4n) is 4.34. The van der Waals surface area contributed by atoms with Crippen LogP contribution in [0.1, 0.15) is 40.0 Å². The summed E-state index contributed by atoms with van der Waals surface area (Å²) in [6, 6.07) is -0.612. The van der Waals surface area contributed by atoms with Gasteiger partial charge < -0.3 is 20.6 Å². The van der Waals surface area contributed by atoms with Crippen molar-refractivity contribution in [1.82, 2.24) is 15.5 Å². The highest BCUT2D eigenvalue weighted by atomic mass is 16.3. The molecule has 0 saturated carbocycles. The van der Waals surface area contributed by atoms with Crippen LogP contribution >= 0.6 is 0 Å². The average molecular weight is 380 g/mol. The Kier molecular flexibility index (Phi) is 7.41. The van der Waals surface area contributed by atoms with E-state index in [9.17, 15) is 14.4 Å². The van der Waals surface area contributed by atoms with Crippen molar-refractivity contribution < 1.29 is 19.5 Å². The van der Waals surface area contributed by atoms with Crippen LogP contribution in [-0.4, -0.2) is 60.0 Å². The van der Waals surface area contributed by atoms with Crippen LogP contribution in [0.15, 0.2) is 12.2 Å². The number of hydrogen-bond donors (Lipinski definition) is 3. The number of carbonyl (C=O) groups is 3. The van der Waals surface area contributed by atoms with E-state index in [2.05, 4.69) is 10.6 Å². The molecule has 2 aliphatic rings. The van der Waals surface area contributed by atoms with E-state index in [1.54, 1.807) is 11.9 Å². The number of aliphatic hydroxyl groups excluding tert-OH is 1. The van der Waals surface area contributed by atoms with Gasteiger partial charge in [-0.05, 0) is 39.0 Å². The van der Waals surface area contributed by atoms with Gasteiger partial charge in [-0.25, -0.2) is 0 Å². The summed E-state index contributed by atoms with van der Waals surface area (Å²) < 4.78 is 0. The Balaban J connectivity index is 2.32. The second-order valence-corrected chi connectivity index (χ2v) is 7.91. The molecule has 1 heterocycles. The van der Waals surface area contributed by atoms with Crippen molar-refractivity contribution >= 4 is 17.7 Å². The monoisotopic (exact) mass is 379 g/mol. The SMILES string of the molecule is CNC(=O)[C@H]1[C@@H]2C(=O)N(CCCCCO)[C@H](C(=O)NC(C)C)[C@H]2C=C[C@H]1C. The first-order valence-corrected chi connectivity index (χ1v) is 9.95. The zero-order chi connectivity index (χ0) is 20.1. The summed E-state index contributed by atoms with van der Waals surface area (Å²) in [6.07, 6.45) is 6.10. The normalized spacial score (nSPS) is 29.8. The van der Waals surface area contributed by atoms with Gasteiger partial charge in [-0.3, -0.25) is 14.4 Å². The topological polar surface area (TPSA) is 98.7 Å². The molecule has 1 saturated heterocycles. The minimum atomic E-state index is -0.588. The maximum Gasteiger partial charge on any atom is 0.243 e. The van der Waals surface area contributed by atoms with Crippen molar-refractivity contribution in [3.8, 4) is 0 Å². The minimum Gasteiger partial charge on any atom is -0.396 e. The molecule has 7 nitrogen and oxygen atoms in total. The molecule has 152 valence electrons. The summed E-state index contributed by atoms with van der Waals surface area (Å²) >= 11 is 0. The van der Waals surface area contributed by atoms with Crippen molar-refractivity contribution in [2.24, 2.45) is 23.7 Å². The Morgan fingerprint density at radius 3 is 2.48 bits per heavy atom. The van der Waals surface area contributed by atoms with Gasteiger partial charge in [-0.1, -0.05) is 19.1 Å². The number of carbonyl (C=O) groups excluding carboxylic acids is 3. The first kappa shape index (κ1) is 21.4. The molecule has 1 aliphatic carbocycles. The predicted octanol–water partition coefficient (Wildman–Crippen LogP) is 0.685. The zero-order valence-corrected chi connectivity index (χ0v) is 16.8. The lowest BCUT2D eigenvalue weighted by molar-refractivity contribution is -0.140. The molecule has 0 spiro atoms. The van der Waals surface area contributed by atoms with Crippen LogP contribution in [0, 0.1) is 23.7 Å². The lowest BCUT2D eigenvalue weighted by Gasteiger charge is -2.32. The van der Waals surface area contributed by atoms with Crippen molar-refractivity contribution in [3.63, 3.8) is 0 Å². The number of nitrogens with one attached hydrogen (secondary N) is 2. The van der Waals surface area contributed by atoms with Crippen LogP contribution in [0.25, 0.3) is 0 Å². The minimum absolute atomic E-state index is 0.0240. The number of nitrogens with zero attached hydrogens (tertiary/aromatic N) is 1. The van der Waals surface area contributed by atoms with E-state index in [0.29, 0.717) is 13.0 Å². The Labute approximate surface area is 161 Å². The highest BCUT2D eigenvalue weighted by Gasteiger charge is 2.56. The Hall–Kier alpha value is -1.89. The number of hydrogen-bond acceptors (Lipinski definition) is 4. The highest BCUT2D eigenvalue weighted by Crippen LogP contribution is 2.44. The lowest BCUT2D eigenvalue weighted by Crippen LogP contribution is -2.49. The van der Waals surface area contributed by atoms with Gasteiger partial charge in [0.1, 0.15) is 6.04 Å². The number of rotatable bonds is 8. The van der Waals surface area contributed by atoms with Crippen molar-refractivity contribution in [3.05, 3.63) is 12.2 Å². The standard InChI is InChI=1S/C20H33N3O4/c1-12(2)22-19(26)17-14-9-8-13(3)15(18(25)21-4)16(14)20(27)23(17)10-6-5-7-11-24/h8-9,12-17,24H,5-7,10-11H2,1-4H3,(H,21,25)(H,22,26)/t13-,14+,15-,16-,17+/m1/s1. The van der Waals surface area contributed by atoms with Gasteiger partial charge >= 0.3 is 0 Å². The molecular formula is C20H33N3O4. The molecule has 27 heavy (non-hydrogen) atoms. The summed E-state index contributed by atoms with van der Waals surface area (Å²) in [7, 11) is 1.58. The molecule has 1 aliphatic heterocycles. The van der Waals surface area contributed by atoms with Gasteiger partial charge in [-0.15, -0.1) is 0 Å². The number of unbranched alkanes of at least 4 members (excludes halogenated alkanes) is 2. The van der Waals surface area contributed by atoms with Gasteiger partial charge in [0.15, 0.2) is 0 Å². The van der Waals surface area contributed by atoms with Crippen LogP contribution in [0.4, 0.5) is 0 Å². The molecule has 3 N–H and O–H groups in total. The van der Waals surface area contributed by atoms with Crippen molar-refractivity contribution in [2.45, 2.75) is 52.1 Å². The van der Waals surface area contributed by atoms with E-state index < -0.39 is 17.9 Å². The fourth-order valence-corrected chi connectivity index (χ4v) is 4.34. The largest absolute Gasteiger partial charge is 0.396 e. The van der Waals surface area contributed by atoms with Crippen LogP contribution in [0.5, 0.6) is 0 Å². The van der Waals surface area contributed by atoms with Gasteiger partial charge in [0, 0.05) is 32.2 Å². The van der Waals surface area contributed by atoms with Crippen LogP contribution < -0.4 is 10.6 Å². The number of fused-ring (bicyclic) bond motifs is 1. The maximum atomic E-state index is 13.3. The zero-order valence-electron chi connectivity index (χ0n) is 16.8. The second-order valence-electron chi connectivity index (χ2n) is 7.91. The molecule has 0 bridgehead atoms. The van der Waals surface area contributed by atoms with E-state index in [-0.39, 0.29) is 42.2 Å². The number of allylic oxidation sites excluding steroid dienone is 1. The molecule has 0 unspecified atom stereocenters. The van der Waals surface area contributed by atoms with Gasteiger partial charge in [0.25, 0.3) is 0 Å². The summed E-state index contributed by atoms with van der Waals surface area (Å²) in [5, 5.41) is 14.6. The fraction of sp³-hybridized carbons (Fsp3) is 0.750. The van der Waals surface area contributed by atoms with Gasteiger partial charge in [0.2, 0.25) is 17.7 Å². The van der Waals surface area contributed by atoms with E-state index in [0.717, 1.165) is 12.8 Å². The first-order valence-electron chi connectivity index (χ1n) is 9.95. The Morgan fingerprint density at radius 2 is 1.89 bits per heavy atom. The summed E-state index contributed by atoms with van der Waals surface area (Å²) in [5.41, 5.74) is 0.